The Hall–Kier alpha value is -4.67. The molecule has 0 bridgehead atoms. The lowest BCUT2D eigenvalue weighted by atomic mass is 9.97. The summed E-state index contributed by atoms with van der Waals surface area (Å²) < 4.78 is 0. The van der Waals surface area contributed by atoms with Gasteiger partial charge in [0.2, 0.25) is 17.7 Å². The van der Waals surface area contributed by atoms with Gasteiger partial charge in [0.1, 0.15) is 18.0 Å². The Balaban J connectivity index is 1.35. The van der Waals surface area contributed by atoms with E-state index < -0.39 is 12.2 Å². The van der Waals surface area contributed by atoms with Crippen LogP contribution in [0.15, 0.2) is 85.5 Å². The van der Waals surface area contributed by atoms with Gasteiger partial charge in [-0.1, -0.05) is 66.7 Å². The number of aryl methyl sites for hydroxylation is 1. The van der Waals surface area contributed by atoms with Crippen LogP contribution in [0.3, 0.4) is 0 Å². The number of carbonyl (C=O) groups is 3. The Labute approximate surface area is 257 Å². The molecule has 2 N–H and O–H groups in total. The third kappa shape index (κ3) is 5.91. The standard InChI is InChI=1S/C34H38N6O4/c1-3-18-38-23-32(43)39-29(19-25-12-15-28(41)16-13-25)34(44)37(21-27-11-7-10-26-20-36(2)35-33(26)27)22-30(39)40(38)31(42)17-14-24-8-5-4-6-9-24/h3-13,15-16,29-30,35,41H,1,14,17-23H2,2H3/t29-,30-/m0/s1. The van der Waals surface area contributed by atoms with Crippen LogP contribution in [0.5, 0.6) is 5.75 Å². The lowest BCUT2D eigenvalue weighted by Gasteiger charge is -2.55. The first-order valence-electron chi connectivity index (χ1n) is 15.0. The van der Waals surface area contributed by atoms with Gasteiger partial charge in [-0.15, -0.1) is 6.58 Å². The number of rotatable bonds is 9. The van der Waals surface area contributed by atoms with Crippen molar-refractivity contribution in [2.45, 2.75) is 44.6 Å². The highest BCUT2D eigenvalue weighted by molar-refractivity contribution is 5.92. The van der Waals surface area contributed by atoms with Gasteiger partial charge in [0, 0.05) is 39.5 Å². The number of phenols is 1. The number of carbonyl (C=O) groups excluding carboxylic acids is 3. The summed E-state index contributed by atoms with van der Waals surface area (Å²) in [4.78, 5) is 45.5. The predicted molar refractivity (Wildman–Crippen MR) is 167 cm³/mol. The Bertz CT molecular complexity index is 1550. The minimum Gasteiger partial charge on any atom is -0.508 e. The van der Waals surface area contributed by atoms with Gasteiger partial charge in [0.15, 0.2) is 0 Å². The Kier molecular flexibility index (Phi) is 8.36. The number of nitrogens with one attached hydrogen (secondary N) is 1. The Morgan fingerprint density at radius 1 is 1.00 bits per heavy atom. The second-order valence-electron chi connectivity index (χ2n) is 11.7. The molecule has 0 saturated carbocycles. The summed E-state index contributed by atoms with van der Waals surface area (Å²) in [5.41, 5.74) is 8.39. The number of hydrogen-bond donors (Lipinski definition) is 2. The molecule has 0 spiro atoms. The number of phenolic OH excluding ortho intramolecular Hbond substituents is 1. The van der Waals surface area contributed by atoms with Gasteiger partial charge < -0.3 is 20.3 Å². The monoisotopic (exact) mass is 594 g/mol. The van der Waals surface area contributed by atoms with E-state index >= 15 is 0 Å². The topological polar surface area (TPSA) is 99.7 Å². The molecule has 0 aromatic heterocycles. The molecule has 3 heterocycles. The van der Waals surface area contributed by atoms with Crippen molar-refractivity contribution in [3.05, 3.63) is 108 Å². The van der Waals surface area contributed by atoms with E-state index in [0.717, 1.165) is 34.5 Å². The lowest BCUT2D eigenvalue weighted by Crippen LogP contribution is -2.75. The maximum absolute atomic E-state index is 14.3. The normalized spacial score (nSPS) is 20.3. The SMILES string of the molecule is C=CCN1CC(=O)N2[C@@H](Cc3ccc(O)cc3)C(=O)N(Cc3cccc4c3NN(C)C4)C[C@@H]2N1C(=O)CCc1ccccc1. The summed E-state index contributed by atoms with van der Waals surface area (Å²) in [6, 6.07) is 21.8. The molecule has 0 radical (unpaired) electrons. The van der Waals surface area contributed by atoms with Crippen molar-refractivity contribution in [3.8, 4) is 5.75 Å². The molecule has 3 aliphatic heterocycles. The van der Waals surface area contributed by atoms with Gasteiger partial charge in [-0.05, 0) is 40.8 Å². The smallest absolute Gasteiger partial charge is 0.246 e. The summed E-state index contributed by atoms with van der Waals surface area (Å²) >= 11 is 0. The summed E-state index contributed by atoms with van der Waals surface area (Å²) in [6.45, 7) is 5.44. The maximum Gasteiger partial charge on any atom is 0.246 e. The van der Waals surface area contributed by atoms with Gasteiger partial charge in [-0.25, -0.2) is 15.0 Å². The fourth-order valence-corrected chi connectivity index (χ4v) is 6.52. The van der Waals surface area contributed by atoms with Crippen molar-refractivity contribution in [1.29, 1.82) is 0 Å². The zero-order valence-electron chi connectivity index (χ0n) is 24.9. The number of amides is 3. The van der Waals surface area contributed by atoms with E-state index in [2.05, 4.69) is 18.1 Å². The second-order valence-corrected chi connectivity index (χ2v) is 11.7. The predicted octanol–water partition coefficient (Wildman–Crippen LogP) is 3.15. The summed E-state index contributed by atoms with van der Waals surface area (Å²) in [6.07, 6.45) is 2.10. The summed E-state index contributed by atoms with van der Waals surface area (Å²) in [5, 5.41) is 15.3. The number of hydrogen-bond acceptors (Lipinski definition) is 7. The molecule has 2 saturated heterocycles. The molecule has 228 valence electrons. The zero-order chi connectivity index (χ0) is 30.8. The lowest BCUT2D eigenvalue weighted by molar-refractivity contribution is -0.205. The minimum absolute atomic E-state index is 0.0264. The van der Waals surface area contributed by atoms with E-state index in [1.807, 2.05) is 54.5 Å². The van der Waals surface area contributed by atoms with Crippen molar-refractivity contribution >= 4 is 23.4 Å². The van der Waals surface area contributed by atoms with Crippen molar-refractivity contribution in [2.24, 2.45) is 0 Å². The molecule has 0 unspecified atom stereocenters. The van der Waals surface area contributed by atoms with Gasteiger partial charge >= 0.3 is 0 Å². The van der Waals surface area contributed by atoms with Crippen LogP contribution < -0.4 is 5.43 Å². The molecular weight excluding hydrogens is 556 g/mol. The first kappa shape index (κ1) is 29.4. The molecule has 6 rings (SSSR count). The van der Waals surface area contributed by atoms with E-state index in [-0.39, 0.29) is 49.4 Å². The van der Waals surface area contributed by atoms with Crippen molar-refractivity contribution < 1.29 is 19.5 Å². The quantitative estimate of drug-likeness (QED) is 0.367. The third-order valence-corrected chi connectivity index (χ3v) is 8.57. The van der Waals surface area contributed by atoms with E-state index in [0.29, 0.717) is 19.5 Å². The highest BCUT2D eigenvalue weighted by atomic mass is 16.3. The maximum atomic E-state index is 14.3. The fourth-order valence-electron chi connectivity index (χ4n) is 6.52. The largest absolute Gasteiger partial charge is 0.508 e. The average Bonchev–Trinajstić information content (AvgIpc) is 3.41. The Morgan fingerprint density at radius 3 is 2.52 bits per heavy atom. The molecule has 10 heteroatoms. The van der Waals surface area contributed by atoms with Crippen molar-refractivity contribution in [3.63, 3.8) is 0 Å². The number of aromatic hydroxyl groups is 1. The molecular formula is C34H38N6O4. The van der Waals surface area contributed by atoms with Crippen LogP contribution in [0, 0.1) is 0 Å². The number of hydrazine groups is 2. The highest BCUT2D eigenvalue weighted by Crippen LogP contribution is 2.33. The van der Waals surface area contributed by atoms with Crippen LogP contribution >= 0.6 is 0 Å². The second kappa shape index (κ2) is 12.5. The number of anilines is 1. The van der Waals surface area contributed by atoms with Gasteiger partial charge in [0.05, 0.1) is 18.8 Å². The van der Waals surface area contributed by atoms with Gasteiger partial charge in [-0.3, -0.25) is 14.4 Å². The number of para-hydroxylation sites is 1. The number of piperazine rings is 1. The molecule has 2 atom stereocenters. The molecule has 3 aromatic carbocycles. The molecule has 0 aliphatic carbocycles. The highest BCUT2D eigenvalue weighted by Gasteiger charge is 2.51. The van der Waals surface area contributed by atoms with Gasteiger partial charge in [-0.2, -0.15) is 0 Å². The van der Waals surface area contributed by atoms with Crippen LogP contribution in [0.1, 0.15) is 28.7 Å². The Morgan fingerprint density at radius 2 is 1.77 bits per heavy atom. The molecule has 3 aromatic rings. The van der Waals surface area contributed by atoms with Crippen LogP contribution in [0.2, 0.25) is 0 Å². The van der Waals surface area contributed by atoms with E-state index in [1.165, 1.54) is 0 Å². The van der Waals surface area contributed by atoms with Gasteiger partial charge in [0.25, 0.3) is 0 Å². The molecule has 10 nitrogen and oxygen atoms in total. The van der Waals surface area contributed by atoms with Crippen LogP contribution in [-0.4, -0.2) is 86.5 Å². The van der Waals surface area contributed by atoms with Crippen LogP contribution in [-0.2, 0) is 40.3 Å². The average molecular weight is 595 g/mol. The summed E-state index contributed by atoms with van der Waals surface area (Å²) in [7, 11) is 1.97. The minimum atomic E-state index is -0.812. The van der Waals surface area contributed by atoms with Crippen molar-refractivity contribution in [1.82, 2.24) is 24.8 Å². The first-order valence-corrected chi connectivity index (χ1v) is 15.0. The van der Waals surface area contributed by atoms with Crippen LogP contribution in [0.25, 0.3) is 0 Å². The number of benzene rings is 3. The van der Waals surface area contributed by atoms with Crippen molar-refractivity contribution in [2.75, 3.05) is 32.1 Å². The van der Waals surface area contributed by atoms with E-state index in [4.69, 9.17) is 0 Å². The van der Waals surface area contributed by atoms with Crippen LogP contribution in [0.4, 0.5) is 5.69 Å². The number of fused-ring (bicyclic) bond motifs is 2. The third-order valence-electron chi connectivity index (χ3n) is 8.57. The zero-order valence-corrected chi connectivity index (χ0v) is 24.9. The number of nitrogens with zero attached hydrogens (tertiary/aromatic N) is 5. The fraction of sp³-hybridized carbons (Fsp3) is 0.324. The van der Waals surface area contributed by atoms with E-state index in [1.54, 1.807) is 50.2 Å². The molecule has 3 amide bonds. The first-order chi connectivity index (χ1) is 21.3. The summed E-state index contributed by atoms with van der Waals surface area (Å²) in [5.74, 6) is -0.354. The molecule has 2 fully saturated rings. The molecule has 3 aliphatic rings. The van der Waals surface area contributed by atoms with E-state index in [9.17, 15) is 19.5 Å². The molecule has 44 heavy (non-hydrogen) atoms.